The topological polar surface area (TPSA) is 72.5 Å². The number of hydrogen-bond acceptors (Lipinski definition) is 5. The van der Waals surface area contributed by atoms with Gasteiger partial charge in [-0.15, -0.1) is 0 Å². The number of ether oxygens (including phenoxy) is 2. The molecule has 3 rings (SSSR count). The molecule has 2 aromatic carbocycles. The molecule has 2 N–H and O–H groups in total. The summed E-state index contributed by atoms with van der Waals surface area (Å²) in [6, 6.07) is 19.2. The fraction of sp³-hybridized carbons (Fsp3) is 0.217. The molecule has 6 heteroatoms. The van der Waals surface area contributed by atoms with Gasteiger partial charge in [0.1, 0.15) is 17.3 Å². The number of pyridine rings is 1. The highest BCUT2D eigenvalue weighted by molar-refractivity contribution is 5.92. The Labute approximate surface area is 170 Å². The summed E-state index contributed by atoms with van der Waals surface area (Å²) in [5.74, 6) is 2.31. The first-order valence-corrected chi connectivity index (χ1v) is 9.42. The summed E-state index contributed by atoms with van der Waals surface area (Å²) in [7, 11) is 3.28. The molecule has 3 aromatic rings. The first-order valence-electron chi connectivity index (χ1n) is 9.42. The second-order valence-corrected chi connectivity index (χ2v) is 6.53. The second-order valence-electron chi connectivity index (χ2n) is 6.53. The van der Waals surface area contributed by atoms with Crippen molar-refractivity contribution in [1.29, 1.82) is 0 Å². The van der Waals surface area contributed by atoms with Gasteiger partial charge < -0.3 is 20.1 Å². The minimum absolute atomic E-state index is 0.0873. The summed E-state index contributed by atoms with van der Waals surface area (Å²) in [6.07, 6.45) is 2.81. The summed E-state index contributed by atoms with van der Waals surface area (Å²) in [4.78, 5) is 16.6. The van der Waals surface area contributed by atoms with Gasteiger partial charge in [-0.3, -0.25) is 4.79 Å². The van der Waals surface area contributed by atoms with Crippen LogP contribution in [0.2, 0.25) is 0 Å². The van der Waals surface area contributed by atoms with Crippen LogP contribution in [0.5, 0.6) is 11.5 Å². The lowest BCUT2D eigenvalue weighted by Gasteiger charge is -2.09. The molecule has 0 aliphatic rings. The molecule has 1 amide bonds. The standard InChI is InChI=1S/C23H25N3O3/c1-28-20-9-6-18(7-10-20)15-23(27)26-19-8-11-22(25-16-19)24-13-12-17-4-3-5-21(14-17)29-2/h3-11,14,16H,12-13,15H2,1-2H3,(H,24,25)(H,26,27). The lowest BCUT2D eigenvalue weighted by molar-refractivity contribution is -0.115. The van der Waals surface area contributed by atoms with Gasteiger partial charge in [-0.2, -0.15) is 0 Å². The summed E-state index contributed by atoms with van der Waals surface area (Å²) in [5, 5.41) is 6.15. The van der Waals surface area contributed by atoms with Gasteiger partial charge in [0.25, 0.3) is 0 Å². The van der Waals surface area contributed by atoms with E-state index in [0.717, 1.165) is 35.8 Å². The van der Waals surface area contributed by atoms with E-state index in [1.54, 1.807) is 20.4 Å². The van der Waals surface area contributed by atoms with Crippen LogP contribution in [0.25, 0.3) is 0 Å². The van der Waals surface area contributed by atoms with Crippen molar-refractivity contribution in [1.82, 2.24) is 4.98 Å². The maximum atomic E-state index is 12.2. The van der Waals surface area contributed by atoms with Gasteiger partial charge in [-0.25, -0.2) is 4.98 Å². The van der Waals surface area contributed by atoms with Gasteiger partial charge >= 0.3 is 0 Å². The fourth-order valence-corrected chi connectivity index (χ4v) is 2.87. The monoisotopic (exact) mass is 391 g/mol. The largest absolute Gasteiger partial charge is 0.497 e. The third kappa shape index (κ3) is 6.24. The molecule has 0 fully saturated rings. The van der Waals surface area contributed by atoms with E-state index in [1.165, 1.54) is 5.56 Å². The minimum Gasteiger partial charge on any atom is -0.497 e. The third-order valence-corrected chi connectivity index (χ3v) is 4.42. The molecule has 1 heterocycles. The van der Waals surface area contributed by atoms with E-state index in [-0.39, 0.29) is 5.91 Å². The maximum Gasteiger partial charge on any atom is 0.228 e. The molecule has 1 aromatic heterocycles. The Morgan fingerprint density at radius 3 is 2.41 bits per heavy atom. The SMILES string of the molecule is COc1ccc(CC(=O)Nc2ccc(NCCc3cccc(OC)c3)nc2)cc1. The van der Waals surface area contributed by atoms with Crippen LogP contribution in [-0.4, -0.2) is 31.7 Å². The zero-order chi connectivity index (χ0) is 20.5. The Morgan fingerprint density at radius 1 is 0.931 bits per heavy atom. The van der Waals surface area contributed by atoms with Crippen LogP contribution in [0.4, 0.5) is 11.5 Å². The number of rotatable bonds is 9. The number of amides is 1. The van der Waals surface area contributed by atoms with Crippen LogP contribution in [0, 0.1) is 0 Å². The molecule has 29 heavy (non-hydrogen) atoms. The van der Waals surface area contributed by atoms with E-state index >= 15 is 0 Å². The Bertz CT molecular complexity index is 925. The van der Waals surface area contributed by atoms with Crippen LogP contribution in [0.15, 0.2) is 66.9 Å². The number of hydrogen-bond donors (Lipinski definition) is 2. The van der Waals surface area contributed by atoms with Crippen LogP contribution >= 0.6 is 0 Å². The van der Waals surface area contributed by atoms with Crippen molar-refractivity contribution in [2.24, 2.45) is 0 Å². The molecule has 0 unspecified atom stereocenters. The van der Waals surface area contributed by atoms with Gasteiger partial charge in [0.05, 0.1) is 32.5 Å². The maximum absolute atomic E-state index is 12.2. The highest BCUT2D eigenvalue weighted by atomic mass is 16.5. The number of carbonyl (C=O) groups is 1. The van der Waals surface area contributed by atoms with Crippen molar-refractivity contribution in [2.45, 2.75) is 12.8 Å². The zero-order valence-corrected chi connectivity index (χ0v) is 16.6. The summed E-state index contributed by atoms with van der Waals surface area (Å²) >= 11 is 0. The van der Waals surface area contributed by atoms with Gasteiger partial charge in [0.15, 0.2) is 0 Å². The molecular weight excluding hydrogens is 366 g/mol. The van der Waals surface area contributed by atoms with E-state index in [1.807, 2.05) is 54.6 Å². The van der Waals surface area contributed by atoms with Crippen LogP contribution in [0.1, 0.15) is 11.1 Å². The van der Waals surface area contributed by atoms with Gasteiger partial charge in [-0.05, 0) is 53.9 Å². The van der Waals surface area contributed by atoms with Crippen molar-refractivity contribution in [3.05, 3.63) is 78.0 Å². The highest BCUT2D eigenvalue weighted by Gasteiger charge is 2.05. The molecule has 0 atom stereocenters. The quantitative estimate of drug-likeness (QED) is 0.578. The summed E-state index contributed by atoms with van der Waals surface area (Å²) in [6.45, 7) is 0.753. The number of carbonyl (C=O) groups excluding carboxylic acids is 1. The Morgan fingerprint density at radius 2 is 1.72 bits per heavy atom. The predicted octanol–water partition coefficient (Wildman–Crippen LogP) is 3.93. The van der Waals surface area contributed by atoms with E-state index in [4.69, 9.17) is 9.47 Å². The lowest BCUT2D eigenvalue weighted by atomic mass is 10.1. The molecule has 0 saturated carbocycles. The van der Waals surface area contributed by atoms with E-state index in [2.05, 4.69) is 21.7 Å². The molecule has 150 valence electrons. The van der Waals surface area contributed by atoms with E-state index < -0.39 is 0 Å². The van der Waals surface area contributed by atoms with Crippen LogP contribution in [0.3, 0.4) is 0 Å². The Balaban J connectivity index is 1.45. The van der Waals surface area contributed by atoms with Gasteiger partial charge in [-0.1, -0.05) is 24.3 Å². The van der Waals surface area contributed by atoms with Crippen molar-refractivity contribution in [3.8, 4) is 11.5 Å². The average Bonchev–Trinajstić information content (AvgIpc) is 2.75. The lowest BCUT2D eigenvalue weighted by Crippen LogP contribution is -2.14. The third-order valence-electron chi connectivity index (χ3n) is 4.42. The number of nitrogens with one attached hydrogen (secondary N) is 2. The summed E-state index contributed by atoms with van der Waals surface area (Å²) in [5.41, 5.74) is 2.79. The first kappa shape index (κ1) is 20.2. The molecule has 0 radical (unpaired) electrons. The number of nitrogens with zero attached hydrogens (tertiary/aromatic N) is 1. The van der Waals surface area contributed by atoms with Crippen molar-refractivity contribution in [3.63, 3.8) is 0 Å². The number of aromatic nitrogens is 1. The Hall–Kier alpha value is -3.54. The fourth-order valence-electron chi connectivity index (χ4n) is 2.87. The van der Waals surface area contributed by atoms with Crippen molar-refractivity contribution >= 4 is 17.4 Å². The van der Waals surface area contributed by atoms with Gasteiger partial charge in [0.2, 0.25) is 5.91 Å². The number of anilines is 2. The minimum atomic E-state index is -0.0873. The average molecular weight is 391 g/mol. The number of methoxy groups -OCH3 is 2. The Kier molecular flexibility index (Phi) is 7.05. The second kappa shape index (κ2) is 10.1. The first-order chi connectivity index (χ1) is 14.2. The molecular formula is C23H25N3O3. The molecule has 6 nitrogen and oxygen atoms in total. The summed E-state index contributed by atoms with van der Waals surface area (Å²) < 4.78 is 10.4. The van der Waals surface area contributed by atoms with Gasteiger partial charge in [0, 0.05) is 6.54 Å². The van der Waals surface area contributed by atoms with Crippen LogP contribution in [-0.2, 0) is 17.6 Å². The van der Waals surface area contributed by atoms with E-state index in [9.17, 15) is 4.79 Å². The molecule has 0 spiro atoms. The smallest absolute Gasteiger partial charge is 0.228 e. The van der Waals surface area contributed by atoms with E-state index in [0.29, 0.717) is 12.1 Å². The normalized spacial score (nSPS) is 10.3. The van der Waals surface area contributed by atoms with Crippen molar-refractivity contribution < 1.29 is 14.3 Å². The molecule has 0 bridgehead atoms. The number of benzene rings is 2. The van der Waals surface area contributed by atoms with Crippen molar-refractivity contribution in [2.75, 3.05) is 31.4 Å². The predicted molar refractivity (Wildman–Crippen MR) is 115 cm³/mol. The molecule has 0 aliphatic carbocycles. The molecule has 0 aliphatic heterocycles. The van der Waals surface area contributed by atoms with Crippen LogP contribution < -0.4 is 20.1 Å². The highest BCUT2D eigenvalue weighted by Crippen LogP contribution is 2.15. The zero-order valence-electron chi connectivity index (χ0n) is 16.6. The molecule has 0 saturated heterocycles.